The molecule has 0 aliphatic rings. The van der Waals surface area contributed by atoms with E-state index in [9.17, 15) is 13.2 Å². The van der Waals surface area contributed by atoms with Crippen LogP contribution in [-0.4, -0.2) is 4.98 Å². The van der Waals surface area contributed by atoms with Crippen molar-refractivity contribution in [3.8, 4) is 11.3 Å². The zero-order valence-electron chi connectivity index (χ0n) is 8.01. The first kappa shape index (κ1) is 11.1. The summed E-state index contributed by atoms with van der Waals surface area (Å²) >= 11 is 1.24. The zero-order chi connectivity index (χ0) is 11.7. The summed E-state index contributed by atoms with van der Waals surface area (Å²) in [6, 6.07) is 2.03. The Morgan fingerprint density at radius 1 is 1.19 bits per heavy atom. The van der Waals surface area contributed by atoms with Crippen molar-refractivity contribution in [3.05, 3.63) is 40.0 Å². The van der Waals surface area contributed by atoms with E-state index < -0.39 is 17.5 Å². The summed E-state index contributed by atoms with van der Waals surface area (Å²) in [5.74, 6) is -3.93. The molecule has 2 aromatic rings. The molecule has 0 aliphatic carbocycles. The van der Waals surface area contributed by atoms with Crippen LogP contribution < -0.4 is 5.73 Å². The molecule has 1 aromatic heterocycles. The number of hydrogen-bond donors (Lipinski definition) is 1. The molecule has 0 saturated carbocycles. The Morgan fingerprint density at radius 2 is 1.94 bits per heavy atom. The monoisotopic (exact) mass is 244 g/mol. The van der Waals surface area contributed by atoms with E-state index in [4.69, 9.17) is 5.73 Å². The maximum Gasteiger partial charge on any atom is 0.195 e. The van der Waals surface area contributed by atoms with Gasteiger partial charge in [0.15, 0.2) is 17.5 Å². The lowest BCUT2D eigenvalue weighted by molar-refractivity contribution is 0.449. The second-order valence-corrected chi connectivity index (χ2v) is 4.00. The first-order valence-corrected chi connectivity index (χ1v) is 5.29. The number of aromatic nitrogens is 1. The highest BCUT2D eigenvalue weighted by atomic mass is 32.1. The highest BCUT2D eigenvalue weighted by Crippen LogP contribution is 2.26. The Bertz CT molecular complexity index is 525. The van der Waals surface area contributed by atoms with Crippen LogP contribution >= 0.6 is 11.3 Å². The van der Waals surface area contributed by atoms with Crippen LogP contribution in [0.5, 0.6) is 0 Å². The van der Waals surface area contributed by atoms with Crippen molar-refractivity contribution in [3.63, 3.8) is 0 Å². The van der Waals surface area contributed by atoms with Gasteiger partial charge in [-0.2, -0.15) is 0 Å². The number of thiazole rings is 1. The summed E-state index contributed by atoms with van der Waals surface area (Å²) < 4.78 is 39.0. The van der Waals surface area contributed by atoms with Gasteiger partial charge in [-0.15, -0.1) is 11.3 Å². The first-order chi connectivity index (χ1) is 7.63. The minimum absolute atomic E-state index is 0.0603. The normalized spacial score (nSPS) is 10.8. The van der Waals surface area contributed by atoms with Crippen molar-refractivity contribution in [1.29, 1.82) is 0 Å². The van der Waals surface area contributed by atoms with Crippen LogP contribution in [0, 0.1) is 17.5 Å². The van der Waals surface area contributed by atoms with Crippen molar-refractivity contribution in [1.82, 2.24) is 4.98 Å². The molecule has 0 bridgehead atoms. The Kier molecular flexibility index (Phi) is 2.93. The topological polar surface area (TPSA) is 38.9 Å². The van der Waals surface area contributed by atoms with Gasteiger partial charge in [-0.05, 0) is 12.1 Å². The molecule has 6 heteroatoms. The number of benzene rings is 1. The molecule has 1 heterocycles. The maximum atomic E-state index is 13.4. The molecule has 0 unspecified atom stereocenters. The average molecular weight is 244 g/mol. The van der Waals surface area contributed by atoms with Crippen LogP contribution in [0.25, 0.3) is 11.3 Å². The van der Waals surface area contributed by atoms with Gasteiger partial charge in [0.25, 0.3) is 0 Å². The van der Waals surface area contributed by atoms with E-state index in [0.29, 0.717) is 5.01 Å². The van der Waals surface area contributed by atoms with E-state index in [1.807, 2.05) is 0 Å². The Hall–Kier alpha value is -1.40. The Labute approximate surface area is 93.5 Å². The van der Waals surface area contributed by atoms with E-state index in [2.05, 4.69) is 4.98 Å². The highest BCUT2D eigenvalue weighted by Gasteiger charge is 2.16. The van der Waals surface area contributed by atoms with Gasteiger partial charge in [0.2, 0.25) is 0 Å². The van der Waals surface area contributed by atoms with Crippen LogP contribution in [-0.2, 0) is 6.54 Å². The minimum atomic E-state index is -1.49. The third-order valence-corrected chi connectivity index (χ3v) is 2.91. The maximum absolute atomic E-state index is 13.4. The van der Waals surface area contributed by atoms with Crippen LogP contribution in [0.15, 0.2) is 17.5 Å². The second-order valence-electron chi connectivity index (χ2n) is 3.05. The van der Waals surface area contributed by atoms with Crippen molar-refractivity contribution >= 4 is 11.3 Å². The van der Waals surface area contributed by atoms with Gasteiger partial charge in [0.05, 0.1) is 5.69 Å². The van der Waals surface area contributed by atoms with Gasteiger partial charge in [0.1, 0.15) is 5.01 Å². The summed E-state index contributed by atoms with van der Waals surface area (Å²) in [5.41, 5.74) is 5.56. The van der Waals surface area contributed by atoms with Crippen molar-refractivity contribution in [2.75, 3.05) is 0 Å². The number of nitrogens with two attached hydrogens (primary N) is 1. The summed E-state index contributed by atoms with van der Waals surface area (Å²) in [6.07, 6.45) is 0. The number of halogens is 3. The summed E-state index contributed by atoms with van der Waals surface area (Å²) in [4.78, 5) is 3.99. The van der Waals surface area contributed by atoms with Gasteiger partial charge in [-0.1, -0.05) is 0 Å². The van der Waals surface area contributed by atoms with Gasteiger partial charge in [-0.25, -0.2) is 18.2 Å². The van der Waals surface area contributed by atoms with E-state index in [-0.39, 0.29) is 17.8 Å². The number of rotatable bonds is 2. The average Bonchev–Trinajstić information content (AvgIpc) is 2.74. The molecule has 0 spiro atoms. The fourth-order valence-electron chi connectivity index (χ4n) is 1.25. The predicted molar refractivity (Wildman–Crippen MR) is 55.3 cm³/mol. The summed E-state index contributed by atoms with van der Waals surface area (Å²) in [7, 11) is 0. The molecule has 0 radical (unpaired) electrons. The molecule has 1 aromatic carbocycles. The minimum Gasteiger partial charge on any atom is -0.325 e. The Morgan fingerprint density at radius 3 is 2.56 bits per heavy atom. The van der Waals surface area contributed by atoms with Crippen LogP contribution in [0.4, 0.5) is 13.2 Å². The van der Waals surface area contributed by atoms with Crippen molar-refractivity contribution < 1.29 is 13.2 Å². The van der Waals surface area contributed by atoms with Gasteiger partial charge >= 0.3 is 0 Å². The highest BCUT2D eigenvalue weighted by molar-refractivity contribution is 7.09. The second kappa shape index (κ2) is 4.23. The molecule has 2 rings (SSSR count). The molecule has 0 saturated heterocycles. The molecular formula is C10H7F3N2S. The zero-order valence-corrected chi connectivity index (χ0v) is 8.82. The van der Waals surface area contributed by atoms with Crippen LogP contribution in [0.3, 0.4) is 0 Å². The largest absolute Gasteiger partial charge is 0.325 e. The lowest BCUT2D eigenvalue weighted by atomic mass is 10.1. The van der Waals surface area contributed by atoms with E-state index in [0.717, 1.165) is 12.1 Å². The molecule has 0 aliphatic heterocycles. The molecular weight excluding hydrogens is 237 g/mol. The summed E-state index contributed by atoms with van der Waals surface area (Å²) in [5, 5.41) is 2.16. The smallest absolute Gasteiger partial charge is 0.195 e. The molecule has 84 valence electrons. The number of nitrogens with zero attached hydrogens (tertiary/aromatic N) is 1. The molecule has 0 fully saturated rings. The number of hydrogen-bond acceptors (Lipinski definition) is 3. The molecule has 2 N–H and O–H groups in total. The molecule has 2 nitrogen and oxygen atoms in total. The van der Waals surface area contributed by atoms with E-state index >= 15 is 0 Å². The van der Waals surface area contributed by atoms with Crippen molar-refractivity contribution in [2.45, 2.75) is 6.54 Å². The van der Waals surface area contributed by atoms with E-state index in [1.165, 1.54) is 11.3 Å². The van der Waals surface area contributed by atoms with Crippen molar-refractivity contribution in [2.24, 2.45) is 5.73 Å². The lowest BCUT2D eigenvalue weighted by Gasteiger charge is -2.01. The fourth-order valence-corrected chi connectivity index (χ4v) is 1.93. The SMILES string of the molecule is NCc1nc(-c2ccc(F)c(F)c2F)cs1. The third kappa shape index (κ3) is 1.81. The first-order valence-electron chi connectivity index (χ1n) is 4.42. The predicted octanol–water partition coefficient (Wildman–Crippen LogP) is 2.69. The van der Waals surface area contributed by atoms with Gasteiger partial charge in [-0.3, -0.25) is 0 Å². The van der Waals surface area contributed by atoms with Gasteiger partial charge in [0, 0.05) is 17.5 Å². The standard InChI is InChI=1S/C10H7F3N2S/c11-6-2-1-5(9(12)10(6)13)7-4-16-8(3-14)15-7/h1-2,4H,3,14H2. The molecule has 16 heavy (non-hydrogen) atoms. The summed E-state index contributed by atoms with van der Waals surface area (Å²) in [6.45, 7) is 0.232. The third-order valence-electron chi connectivity index (χ3n) is 2.04. The van der Waals surface area contributed by atoms with Crippen LogP contribution in [0.2, 0.25) is 0 Å². The van der Waals surface area contributed by atoms with Crippen LogP contribution in [0.1, 0.15) is 5.01 Å². The van der Waals surface area contributed by atoms with E-state index in [1.54, 1.807) is 5.38 Å². The fraction of sp³-hybridized carbons (Fsp3) is 0.100. The Balaban J connectivity index is 2.52. The molecule has 0 amide bonds. The quantitative estimate of drug-likeness (QED) is 0.825. The molecule has 0 atom stereocenters. The lowest BCUT2D eigenvalue weighted by Crippen LogP contribution is -1.96. The van der Waals surface area contributed by atoms with Gasteiger partial charge < -0.3 is 5.73 Å².